The van der Waals surface area contributed by atoms with E-state index < -0.39 is 0 Å². The van der Waals surface area contributed by atoms with Gasteiger partial charge >= 0.3 is 0 Å². The first-order valence-electron chi connectivity index (χ1n) is 12.3. The molecular formula is C31H36FN3. The molecule has 0 N–H and O–H groups in total. The molecule has 1 aliphatic heterocycles. The van der Waals surface area contributed by atoms with Gasteiger partial charge in [0.2, 0.25) is 0 Å². The van der Waals surface area contributed by atoms with Crippen molar-refractivity contribution < 1.29 is 4.39 Å². The summed E-state index contributed by atoms with van der Waals surface area (Å²) in [6.07, 6.45) is 2.00. The van der Waals surface area contributed by atoms with Gasteiger partial charge in [-0.1, -0.05) is 67.3 Å². The van der Waals surface area contributed by atoms with E-state index in [0.29, 0.717) is 12.1 Å². The topological polar surface area (TPSA) is 9.72 Å². The van der Waals surface area contributed by atoms with Gasteiger partial charge in [-0.2, -0.15) is 0 Å². The van der Waals surface area contributed by atoms with Gasteiger partial charge < -0.3 is 4.90 Å². The first-order valence-corrected chi connectivity index (χ1v) is 12.3. The molecule has 0 saturated carbocycles. The van der Waals surface area contributed by atoms with Gasteiger partial charge in [-0.15, -0.1) is 6.58 Å². The number of piperazine rings is 1. The van der Waals surface area contributed by atoms with Crippen LogP contribution in [-0.4, -0.2) is 48.6 Å². The SMILES string of the molecule is C=CCN1C[C@H](C)N([C@@H](c2ccccc2)c2cccc(C(=C)N(C)c3cccc(F)c3)c2)C[C@H]1C. The predicted molar refractivity (Wildman–Crippen MR) is 146 cm³/mol. The molecule has 0 bridgehead atoms. The monoisotopic (exact) mass is 469 g/mol. The molecule has 0 spiro atoms. The van der Waals surface area contributed by atoms with Gasteiger partial charge in [0.05, 0.1) is 6.04 Å². The van der Waals surface area contributed by atoms with Gasteiger partial charge in [0, 0.05) is 50.2 Å². The average molecular weight is 470 g/mol. The molecule has 3 aromatic rings. The van der Waals surface area contributed by atoms with Crippen LogP contribution in [0.1, 0.15) is 36.6 Å². The van der Waals surface area contributed by atoms with Crippen LogP contribution in [0.3, 0.4) is 0 Å². The number of benzene rings is 3. The van der Waals surface area contributed by atoms with Crippen molar-refractivity contribution in [3.63, 3.8) is 0 Å². The van der Waals surface area contributed by atoms with E-state index in [1.807, 2.05) is 24.1 Å². The summed E-state index contributed by atoms with van der Waals surface area (Å²) in [6, 6.07) is 27.0. The Hall–Kier alpha value is -3.21. The van der Waals surface area contributed by atoms with Crippen LogP contribution in [0.5, 0.6) is 0 Å². The molecule has 182 valence electrons. The molecule has 4 heteroatoms. The third kappa shape index (κ3) is 5.55. The number of anilines is 1. The van der Waals surface area contributed by atoms with Gasteiger partial charge in [-0.3, -0.25) is 9.80 Å². The molecule has 3 atom stereocenters. The van der Waals surface area contributed by atoms with E-state index in [4.69, 9.17) is 0 Å². The quantitative estimate of drug-likeness (QED) is 0.344. The van der Waals surface area contributed by atoms with Crippen molar-refractivity contribution in [2.45, 2.75) is 32.0 Å². The minimum Gasteiger partial charge on any atom is -0.345 e. The molecular weight excluding hydrogens is 433 g/mol. The van der Waals surface area contributed by atoms with E-state index in [2.05, 4.69) is 91.4 Å². The molecule has 1 saturated heterocycles. The molecule has 1 heterocycles. The van der Waals surface area contributed by atoms with E-state index in [1.54, 1.807) is 6.07 Å². The highest BCUT2D eigenvalue weighted by Crippen LogP contribution is 2.35. The molecule has 1 aliphatic rings. The van der Waals surface area contributed by atoms with Crippen LogP contribution in [-0.2, 0) is 0 Å². The van der Waals surface area contributed by atoms with E-state index in [0.717, 1.165) is 36.6 Å². The lowest BCUT2D eigenvalue weighted by molar-refractivity contribution is 0.0306. The highest BCUT2D eigenvalue weighted by atomic mass is 19.1. The summed E-state index contributed by atoms with van der Waals surface area (Å²) >= 11 is 0. The normalized spacial score (nSPS) is 19.8. The second kappa shape index (κ2) is 11.0. The molecule has 3 aromatic carbocycles. The molecule has 0 radical (unpaired) electrons. The Morgan fingerprint density at radius 3 is 2.40 bits per heavy atom. The highest BCUT2D eigenvalue weighted by molar-refractivity contribution is 5.77. The molecule has 0 unspecified atom stereocenters. The molecule has 0 aliphatic carbocycles. The zero-order chi connectivity index (χ0) is 24.9. The maximum atomic E-state index is 13.8. The first-order chi connectivity index (χ1) is 16.9. The fourth-order valence-corrected chi connectivity index (χ4v) is 5.14. The van der Waals surface area contributed by atoms with Crippen molar-refractivity contribution in [3.8, 4) is 0 Å². The second-order valence-corrected chi connectivity index (χ2v) is 9.56. The van der Waals surface area contributed by atoms with Gasteiger partial charge in [-0.25, -0.2) is 4.39 Å². The van der Waals surface area contributed by atoms with Crippen molar-refractivity contribution in [2.24, 2.45) is 0 Å². The zero-order valence-corrected chi connectivity index (χ0v) is 21.1. The molecule has 3 nitrogen and oxygen atoms in total. The summed E-state index contributed by atoms with van der Waals surface area (Å²) < 4.78 is 13.8. The molecule has 0 aromatic heterocycles. The summed E-state index contributed by atoms with van der Waals surface area (Å²) in [5.41, 5.74) is 5.16. The third-order valence-electron chi connectivity index (χ3n) is 7.11. The summed E-state index contributed by atoms with van der Waals surface area (Å²) in [6.45, 7) is 15.8. The number of rotatable bonds is 8. The summed E-state index contributed by atoms with van der Waals surface area (Å²) in [4.78, 5) is 7.07. The van der Waals surface area contributed by atoms with Crippen LogP contribution in [0, 0.1) is 5.82 Å². The minimum absolute atomic E-state index is 0.131. The van der Waals surface area contributed by atoms with Crippen LogP contribution >= 0.6 is 0 Å². The Morgan fingerprint density at radius 2 is 1.69 bits per heavy atom. The Morgan fingerprint density at radius 1 is 0.971 bits per heavy atom. The van der Waals surface area contributed by atoms with E-state index in [9.17, 15) is 4.39 Å². The van der Waals surface area contributed by atoms with Crippen molar-refractivity contribution in [2.75, 3.05) is 31.6 Å². The van der Waals surface area contributed by atoms with Crippen LogP contribution in [0.25, 0.3) is 5.70 Å². The maximum absolute atomic E-state index is 13.8. The predicted octanol–water partition coefficient (Wildman–Crippen LogP) is 6.60. The summed E-state index contributed by atoms with van der Waals surface area (Å²) in [5, 5.41) is 0. The lowest BCUT2D eigenvalue weighted by Gasteiger charge is -2.47. The van der Waals surface area contributed by atoms with E-state index in [1.165, 1.54) is 23.3 Å². The standard InChI is InChI=1S/C31H36FN3/c1-6-18-34-21-24(3)35(22-23(34)2)31(26-12-8-7-9-13-26)28-15-10-14-27(19-28)25(4)33(5)30-17-11-16-29(32)20-30/h6-17,19-20,23-24,31H,1,4,18,21-22H2,2-3,5H3/t23-,24+,31+/m1/s1. The number of hydrogen-bond acceptors (Lipinski definition) is 3. The second-order valence-electron chi connectivity index (χ2n) is 9.56. The zero-order valence-electron chi connectivity index (χ0n) is 21.1. The van der Waals surface area contributed by atoms with Gasteiger partial charge in [0.25, 0.3) is 0 Å². The Kier molecular flexibility index (Phi) is 7.84. The highest BCUT2D eigenvalue weighted by Gasteiger charge is 2.34. The van der Waals surface area contributed by atoms with Crippen LogP contribution in [0.2, 0.25) is 0 Å². The van der Waals surface area contributed by atoms with Crippen molar-refractivity contribution in [3.05, 3.63) is 121 Å². The number of nitrogens with zero attached hydrogens (tertiary/aromatic N) is 3. The van der Waals surface area contributed by atoms with Crippen LogP contribution in [0.15, 0.2) is 98.1 Å². The lowest BCUT2D eigenvalue weighted by atomic mass is 9.92. The number of hydrogen-bond donors (Lipinski definition) is 0. The summed E-state index contributed by atoms with van der Waals surface area (Å²) in [5.74, 6) is -0.251. The number of halogens is 1. The fraction of sp³-hybridized carbons (Fsp3) is 0.290. The molecule has 35 heavy (non-hydrogen) atoms. The molecule has 0 amide bonds. The Labute approximate surface area is 209 Å². The average Bonchev–Trinajstić information content (AvgIpc) is 2.87. The van der Waals surface area contributed by atoms with Crippen LogP contribution < -0.4 is 4.90 Å². The van der Waals surface area contributed by atoms with Crippen molar-refractivity contribution in [1.29, 1.82) is 0 Å². The maximum Gasteiger partial charge on any atom is 0.125 e. The fourth-order valence-electron chi connectivity index (χ4n) is 5.14. The first kappa shape index (κ1) is 24.9. The Balaban J connectivity index is 1.68. The Bertz CT molecular complexity index is 1160. The van der Waals surface area contributed by atoms with Crippen molar-refractivity contribution >= 4 is 11.4 Å². The third-order valence-corrected chi connectivity index (χ3v) is 7.11. The van der Waals surface area contributed by atoms with Gasteiger partial charge in [0.15, 0.2) is 0 Å². The lowest BCUT2D eigenvalue weighted by Crippen LogP contribution is -2.57. The smallest absolute Gasteiger partial charge is 0.125 e. The molecule has 4 rings (SSSR count). The largest absolute Gasteiger partial charge is 0.345 e. The van der Waals surface area contributed by atoms with Crippen molar-refractivity contribution in [1.82, 2.24) is 9.80 Å². The van der Waals surface area contributed by atoms with Crippen LogP contribution in [0.4, 0.5) is 10.1 Å². The molecule has 1 fully saturated rings. The minimum atomic E-state index is -0.251. The van der Waals surface area contributed by atoms with Gasteiger partial charge in [0.1, 0.15) is 5.82 Å². The van der Waals surface area contributed by atoms with E-state index in [-0.39, 0.29) is 11.9 Å². The summed E-state index contributed by atoms with van der Waals surface area (Å²) in [7, 11) is 1.93. The van der Waals surface area contributed by atoms with E-state index >= 15 is 0 Å². The van der Waals surface area contributed by atoms with Gasteiger partial charge in [-0.05, 0) is 54.8 Å².